The highest BCUT2D eigenvalue weighted by atomic mass is 79.9. The van der Waals surface area contributed by atoms with Crippen molar-refractivity contribution in [2.75, 3.05) is 13.2 Å². The Morgan fingerprint density at radius 2 is 2.32 bits per heavy atom. The number of aliphatic hydroxyl groups is 1. The van der Waals surface area contributed by atoms with E-state index in [-0.39, 0.29) is 18.6 Å². The smallest absolute Gasteiger partial charge is 0.270 e. The molecule has 2 atom stereocenters. The maximum atomic E-state index is 12.6. The zero-order valence-electron chi connectivity index (χ0n) is 11.5. The summed E-state index contributed by atoms with van der Waals surface area (Å²) >= 11 is 3.43. The molecule has 0 bridgehead atoms. The molecule has 1 saturated heterocycles. The topological polar surface area (TPSA) is 45.5 Å². The molecule has 1 aliphatic rings. The van der Waals surface area contributed by atoms with E-state index in [0.717, 1.165) is 30.4 Å². The van der Waals surface area contributed by atoms with Gasteiger partial charge in [0.25, 0.3) is 5.91 Å². The molecular formula is C14H21BrN2O2. The first-order valence-corrected chi connectivity index (χ1v) is 7.65. The van der Waals surface area contributed by atoms with Crippen LogP contribution < -0.4 is 0 Å². The molecule has 2 unspecified atom stereocenters. The van der Waals surface area contributed by atoms with Crippen molar-refractivity contribution < 1.29 is 9.90 Å². The zero-order chi connectivity index (χ0) is 14.0. The fourth-order valence-corrected chi connectivity index (χ4v) is 3.23. The van der Waals surface area contributed by atoms with Crippen molar-refractivity contribution in [1.82, 2.24) is 9.47 Å². The number of aliphatic hydroxyl groups excluding tert-OH is 1. The predicted octanol–water partition coefficient (Wildman–Crippen LogP) is 2.50. The van der Waals surface area contributed by atoms with Gasteiger partial charge in [-0.05, 0) is 40.8 Å². The number of aryl methyl sites for hydroxylation is 1. The second kappa shape index (κ2) is 6.09. The summed E-state index contributed by atoms with van der Waals surface area (Å²) in [6.07, 6.45) is 3.90. The van der Waals surface area contributed by atoms with Crippen molar-refractivity contribution in [3.05, 3.63) is 22.4 Å². The molecule has 0 spiro atoms. The standard InChI is InChI=1S/C14H21BrN2O2/c1-3-5-16-8-11(15)7-12(16)14(19)17-6-4-10(2)13(17)9-18/h7-8,10,13,18H,3-6,9H2,1-2H3. The Hall–Kier alpha value is -0.810. The number of amides is 1. The van der Waals surface area contributed by atoms with Gasteiger partial charge in [-0.2, -0.15) is 0 Å². The minimum atomic E-state index is -0.0451. The monoisotopic (exact) mass is 328 g/mol. The van der Waals surface area contributed by atoms with E-state index in [0.29, 0.717) is 11.6 Å². The Balaban J connectivity index is 2.24. The molecule has 19 heavy (non-hydrogen) atoms. The number of hydrogen-bond donors (Lipinski definition) is 1. The van der Waals surface area contributed by atoms with Crippen molar-refractivity contribution in [2.45, 2.75) is 39.3 Å². The van der Waals surface area contributed by atoms with Gasteiger partial charge in [0.15, 0.2) is 0 Å². The number of rotatable bonds is 4. The van der Waals surface area contributed by atoms with Gasteiger partial charge in [-0.25, -0.2) is 0 Å². The van der Waals surface area contributed by atoms with Gasteiger partial charge in [0.05, 0.1) is 12.6 Å². The second-order valence-corrected chi connectivity index (χ2v) is 6.17. The third kappa shape index (κ3) is 2.87. The minimum Gasteiger partial charge on any atom is -0.394 e. The molecule has 5 heteroatoms. The van der Waals surface area contributed by atoms with Crippen LogP contribution in [0.15, 0.2) is 16.7 Å². The highest BCUT2D eigenvalue weighted by Gasteiger charge is 2.35. The van der Waals surface area contributed by atoms with Gasteiger partial charge < -0.3 is 14.6 Å². The summed E-state index contributed by atoms with van der Waals surface area (Å²) in [4.78, 5) is 14.5. The summed E-state index contributed by atoms with van der Waals surface area (Å²) < 4.78 is 2.92. The van der Waals surface area contributed by atoms with Crippen molar-refractivity contribution in [1.29, 1.82) is 0 Å². The largest absolute Gasteiger partial charge is 0.394 e. The quantitative estimate of drug-likeness (QED) is 0.923. The first-order valence-electron chi connectivity index (χ1n) is 6.86. The van der Waals surface area contributed by atoms with E-state index < -0.39 is 0 Å². The molecule has 0 saturated carbocycles. The van der Waals surface area contributed by atoms with Crippen molar-refractivity contribution in [3.8, 4) is 0 Å². The van der Waals surface area contributed by atoms with Gasteiger partial charge in [-0.15, -0.1) is 0 Å². The lowest BCUT2D eigenvalue weighted by atomic mass is 10.0. The van der Waals surface area contributed by atoms with Gasteiger partial charge in [0, 0.05) is 23.8 Å². The second-order valence-electron chi connectivity index (χ2n) is 5.25. The van der Waals surface area contributed by atoms with Crippen LogP contribution in [0.4, 0.5) is 0 Å². The molecular weight excluding hydrogens is 308 g/mol. The van der Waals surface area contributed by atoms with Gasteiger partial charge in [0.1, 0.15) is 5.69 Å². The molecule has 1 amide bonds. The number of hydrogen-bond acceptors (Lipinski definition) is 2. The SMILES string of the molecule is CCCn1cc(Br)cc1C(=O)N1CCC(C)C1CO. The van der Waals surface area contributed by atoms with Crippen LogP contribution in [-0.4, -0.2) is 39.7 Å². The molecule has 4 nitrogen and oxygen atoms in total. The molecule has 1 aliphatic heterocycles. The van der Waals surface area contributed by atoms with Crippen LogP contribution in [0.3, 0.4) is 0 Å². The minimum absolute atomic E-state index is 0.0301. The molecule has 2 heterocycles. The molecule has 2 rings (SSSR count). The summed E-state index contributed by atoms with van der Waals surface area (Å²) in [6, 6.07) is 1.83. The van der Waals surface area contributed by atoms with Crippen LogP contribution in [-0.2, 0) is 6.54 Å². The maximum absolute atomic E-state index is 12.6. The lowest BCUT2D eigenvalue weighted by Gasteiger charge is -2.25. The molecule has 1 N–H and O–H groups in total. The number of aromatic nitrogens is 1. The van der Waals surface area contributed by atoms with E-state index in [9.17, 15) is 9.90 Å². The lowest BCUT2D eigenvalue weighted by molar-refractivity contribution is 0.0637. The van der Waals surface area contributed by atoms with E-state index >= 15 is 0 Å². The van der Waals surface area contributed by atoms with Crippen LogP contribution in [0.1, 0.15) is 37.2 Å². The molecule has 1 aromatic rings. The Morgan fingerprint density at radius 1 is 1.58 bits per heavy atom. The fourth-order valence-electron chi connectivity index (χ4n) is 2.77. The fraction of sp³-hybridized carbons (Fsp3) is 0.643. The van der Waals surface area contributed by atoms with E-state index in [4.69, 9.17) is 0 Å². The average Bonchev–Trinajstić information content (AvgIpc) is 2.92. The third-order valence-electron chi connectivity index (χ3n) is 3.88. The van der Waals surface area contributed by atoms with Gasteiger partial charge in [-0.1, -0.05) is 13.8 Å². The van der Waals surface area contributed by atoms with Crippen LogP contribution in [0.2, 0.25) is 0 Å². The zero-order valence-corrected chi connectivity index (χ0v) is 13.1. The molecule has 0 aromatic carbocycles. The van der Waals surface area contributed by atoms with E-state index in [2.05, 4.69) is 29.8 Å². The Labute approximate surface area is 122 Å². The first-order chi connectivity index (χ1) is 9.08. The summed E-state index contributed by atoms with van der Waals surface area (Å²) in [5.74, 6) is 0.398. The van der Waals surface area contributed by atoms with E-state index in [1.165, 1.54) is 0 Å². The van der Waals surface area contributed by atoms with Crippen molar-refractivity contribution in [3.63, 3.8) is 0 Å². The predicted molar refractivity (Wildman–Crippen MR) is 78.1 cm³/mol. The summed E-state index contributed by atoms with van der Waals surface area (Å²) in [5.41, 5.74) is 0.710. The van der Waals surface area contributed by atoms with E-state index in [1.807, 2.05) is 21.7 Å². The first kappa shape index (κ1) is 14.6. The van der Waals surface area contributed by atoms with Gasteiger partial charge in [-0.3, -0.25) is 4.79 Å². The van der Waals surface area contributed by atoms with Crippen molar-refractivity contribution >= 4 is 21.8 Å². The molecule has 1 fully saturated rings. The normalized spacial score (nSPS) is 23.1. The van der Waals surface area contributed by atoms with Gasteiger partial charge in [0.2, 0.25) is 0 Å². The third-order valence-corrected chi connectivity index (χ3v) is 4.31. The van der Waals surface area contributed by atoms with Crippen molar-refractivity contribution in [2.24, 2.45) is 5.92 Å². The highest BCUT2D eigenvalue weighted by Crippen LogP contribution is 2.26. The molecule has 106 valence electrons. The van der Waals surface area contributed by atoms with Crippen LogP contribution in [0, 0.1) is 5.92 Å². The number of carbonyl (C=O) groups is 1. The molecule has 0 radical (unpaired) electrons. The average molecular weight is 329 g/mol. The summed E-state index contributed by atoms with van der Waals surface area (Å²) in [7, 11) is 0. The number of halogens is 1. The van der Waals surface area contributed by atoms with Crippen LogP contribution in [0.5, 0.6) is 0 Å². The van der Waals surface area contributed by atoms with Gasteiger partial charge >= 0.3 is 0 Å². The number of nitrogens with zero attached hydrogens (tertiary/aromatic N) is 2. The molecule has 1 aromatic heterocycles. The Bertz CT molecular complexity index is 458. The van der Waals surface area contributed by atoms with Crippen LogP contribution in [0.25, 0.3) is 0 Å². The summed E-state index contributed by atoms with van der Waals surface area (Å²) in [5, 5.41) is 9.47. The summed E-state index contributed by atoms with van der Waals surface area (Å²) in [6.45, 7) is 5.80. The van der Waals surface area contributed by atoms with Crippen LogP contribution >= 0.6 is 15.9 Å². The molecule has 0 aliphatic carbocycles. The number of likely N-dealkylation sites (tertiary alicyclic amines) is 1. The number of carbonyl (C=O) groups excluding carboxylic acids is 1. The maximum Gasteiger partial charge on any atom is 0.270 e. The highest BCUT2D eigenvalue weighted by molar-refractivity contribution is 9.10. The Morgan fingerprint density at radius 3 is 2.95 bits per heavy atom. The lowest BCUT2D eigenvalue weighted by Crippen LogP contribution is -2.40. The van der Waals surface area contributed by atoms with E-state index in [1.54, 1.807) is 0 Å². The Kier molecular flexibility index (Phi) is 4.68.